The minimum atomic E-state index is -0.211. The van der Waals surface area contributed by atoms with Gasteiger partial charge in [-0.15, -0.1) is 0 Å². The molecule has 0 fully saturated rings. The summed E-state index contributed by atoms with van der Waals surface area (Å²) >= 11 is 5.66. The van der Waals surface area contributed by atoms with E-state index in [0.29, 0.717) is 5.02 Å². The van der Waals surface area contributed by atoms with Crippen molar-refractivity contribution in [2.45, 2.75) is 6.42 Å². The molecule has 0 atom stereocenters. The van der Waals surface area contributed by atoms with Crippen LogP contribution in [0.5, 0.6) is 0 Å². The second-order valence-corrected chi connectivity index (χ2v) is 2.81. The summed E-state index contributed by atoms with van der Waals surface area (Å²) in [6.45, 7) is 0. The van der Waals surface area contributed by atoms with Gasteiger partial charge in [0, 0.05) is 5.02 Å². The Bertz CT molecular complexity index is 271. The first-order valence-corrected chi connectivity index (χ1v) is 3.84. The highest BCUT2D eigenvalue weighted by molar-refractivity contribution is 6.30. The van der Waals surface area contributed by atoms with Crippen LogP contribution in [0.2, 0.25) is 5.02 Å². The summed E-state index contributed by atoms with van der Waals surface area (Å²) < 4.78 is 0. The number of benzene rings is 1. The molecule has 64 valence electrons. The average Bonchev–Trinajstić information content (AvgIpc) is 2.09. The number of nitrogens with one attached hydrogen (secondary N) is 1. The van der Waals surface area contributed by atoms with Gasteiger partial charge in [-0.05, 0) is 17.7 Å². The fourth-order valence-electron chi connectivity index (χ4n) is 0.839. The SMILES string of the molecule is NNC(=O)Cc1ccc(Cl)cc1. The van der Waals surface area contributed by atoms with Crippen molar-refractivity contribution in [3.05, 3.63) is 34.9 Å². The summed E-state index contributed by atoms with van der Waals surface area (Å²) in [6, 6.07) is 7.05. The maximum Gasteiger partial charge on any atom is 0.238 e. The Kier molecular flexibility index (Phi) is 3.08. The predicted molar refractivity (Wildman–Crippen MR) is 47.5 cm³/mol. The molecular formula is C8H9ClN2O. The van der Waals surface area contributed by atoms with Gasteiger partial charge in [-0.1, -0.05) is 23.7 Å². The van der Waals surface area contributed by atoms with Crippen LogP contribution in [0, 0.1) is 0 Å². The minimum absolute atomic E-state index is 0.211. The van der Waals surface area contributed by atoms with Crippen LogP contribution in [0.4, 0.5) is 0 Å². The van der Waals surface area contributed by atoms with Gasteiger partial charge >= 0.3 is 0 Å². The number of hydrogen-bond acceptors (Lipinski definition) is 2. The molecule has 4 heteroatoms. The lowest BCUT2D eigenvalue weighted by Crippen LogP contribution is -2.31. The molecule has 1 amide bonds. The van der Waals surface area contributed by atoms with Crippen LogP contribution < -0.4 is 11.3 Å². The lowest BCUT2D eigenvalue weighted by Gasteiger charge is -1.99. The van der Waals surface area contributed by atoms with E-state index in [4.69, 9.17) is 17.4 Å². The van der Waals surface area contributed by atoms with Crippen molar-refractivity contribution in [3.63, 3.8) is 0 Å². The summed E-state index contributed by atoms with van der Waals surface area (Å²) in [4.78, 5) is 10.8. The molecule has 0 aliphatic heterocycles. The van der Waals surface area contributed by atoms with E-state index in [0.717, 1.165) is 5.56 Å². The second kappa shape index (κ2) is 4.09. The van der Waals surface area contributed by atoms with Crippen molar-refractivity contribution in [1.29, 1.82) is 0 Å². The highest BCUT2D eigenvalue weighted by Crippen LogP contribution is 2.09. The van der Waals surface area contributed by atoms with Crippen LogP contribution >= 0.6 is 11.6 Å². The monoisotopic (exact) mass is 184 g/mol. The number of carbonyl (C=O) groups is 1. The molecule has 0 aromatic heterocycles. The maximum atomic E-state index is 10.8. The molecule has 0 bridgehead atoms. The number of carbonyl (C=O) groups excluding carboxylic acids is 1. The van der Waals surface area contributed by atoms with E-state index in [2.05, 4.69) is 5.43 Å². The highest BCUT2D eigenvalue weighted by Gasteiger charge is 1.99. The molecule has 0 heterocycles. The van der Waals surface area contributed by atoms with Gasteiger partial charge in [0.15, 0.2) is 0 Å². The molecule has 0 radical (unpaired) electrons. The van der Waals surface area contributed by atoms with Crippen LogP contribution in [0.15, 0.2) is 24.3 Å². The van der Waals surface area contributed by atoms with Crippen molar-refractivity contribution in [2.75, 3.05) is 0 Å². The molecule has 0 aliphatic carbocycles. The van der Waals surface area contributed by atoms with Crippen molar-refractivity contribution in [1.82, 2.24) is 5.43 Å². The molecule has 0 saturated carbocycles. The third kappa shape index (κ3) is 2.53. The van der Waals surface area contributed by atoms with Gasteiger partial charge in [0.05, 0.1) is 6.42 Å². The Morgan fingerprint density at radius 1 is 1.42 bits per heavy atom. The molecule has 1 aromatic carbocycles. The lowest BCUT2D eigenvalue weighted by atomic mass is 10.1. The molecule has 0 unspecified atom stereocenters. The fourth-order valence-corrected chi connectivity index (χ4v) is 0.965. The van der Waals surface area contributed by atoms with Crippen LogP contribution in [0.1, 0.15) is 5.56 Å². The standard InChI is InChI=1S/C8H9ClN2O/c9-7-3-1-6(2-4-7)5-8(12)11-10/h1-4H,5,10H2,(H,11,12). The third-order valence-electron chi connectivity index (χ3n) is 1.44. The van der Waals surface area contributed by atoms with E-state index in [1.165, 1.54) is 0 Å². The third-order valence-corrected chi connectivity index (χ3v) is 1.69. The van der Waals surface area contributed by atoms with E-state index in [-0.39, 0.29) is 12.3 Å². The summed E-state index contributed by atoms with van der Waals surface area (Å²) in [7, 11) is 0. The Labute approximate surface area is 75.5 Å². The topological polar surface area (TPSA) is 55.1 Å². The lowest BCUT2D eigenvalue weighted by molar-refractivity contribution is -0.120. The maximum absolute atomic E-state index is 10.8. The Morgan fingerprint density at radius 2 is 2.00 bits per heavy atom. The van der Waals surface area contributed by atoms with Gasteiger partial charge in [-0.25, -0.2) is 5.84 Å². The van der Waals surface area contributed by atoms with E-state index in [9.17, 15) is 4.79 Å². The molecule has 0 spiro atoms. The van der Waals surface area contributed by atoms with Gasteiger partial charge in [0.2, 0.25) is 5.91 Å². The van der Waals surface area contributed by atoms with Crippen molar-refractivity contribution in [3.8, 4) is 0 Å². The summed E-state index contributed by atoms with van der Waals surface area (Å²) in [5.41, 5.74) is 2.95. The number of hydrazine groups is 1. The van der Waals surface area contributed by atoms with Gasteiger partial charge in [0.25, 0.3) is 0 Å². The van der Waals surface area contributed by atoms with E-state index >= 15 is 0 Å². The summed E-state index contributed by atoms with van der Waals surface area (Å²) in [6.07, 6.45) is 0.285. The number of rotatable bonds is 2. The zero-order valence-corrected chi connectivity index (χ0v) is 7.14. The van der Waals surface area contributed by atoms with Gasteiger partial charge in [0.1, 0.15) is 0 Å². The van der Waals surface area contributed by atoms with Crippen LogP contribution in [-0.2, 0) is 11.2 Å². The summed E-state index contributed by atoms with van der Waals surface area (Å²) in [5, 5.41) is 0.659. The number of halogens is 1. The van der Waals surface area contributed by atoms with Crippen LogP contribution in [0.25, 0.3) is 0 Å². The number of nitrogens with two attached hydrogens (primary N) is 1. The fraction of sp³-hybridized carbons (Fsp3) is 0.125. The molecule has 3 nitrogen and oxygen atoms in total. The van der Waals surface area contributed by atoms with Crippen LogP contribution in [0.3, 0.4) is 0 Å². The second-order valence-electron chi connectivity index (χ2n) is 2.37. The van der Waals surface area contributed by atoms with E-state index in [1.54, 1.807) is 24.3 Å². The molecular weight excluding hydrogens is 176 g/mol. The first kappa shape index (κ1) is 9.03. The van der Waals surface area contributed by atoms with Crippen molar-refractivity contribution in [2.24, 2.45) is 5.84 Å². The van der Waals surface area contributed by atoms with Crippen molar-refractivity contribution < 1.29 is 4.79 Å². The van der Waals surface area contributed by atoms with E-state index in [1.807, 2.05) is 0 Å². The first-order chi connectivity index (χ1) is 5.72. The Balaban J connectivity index is 2.64. The van der Waals surface area contributed by atoms with Crippen molar-refractivity contribution >= 4 is 17.5 Å². The van der Waals surface area contributed by atoms with Crippen LogP contribution in [-0.4, -0.2) is 5.91 Å². The van der Waals surface area contributed by atoms with E-state index < -0.39 is 0 Å². The largest absolute Gasteiger partial charge is 0.294 e. The zero-order chi connectivity index (χ0) is 8.97. The average molecular weight is 185 g/mol. The molecule has 1 rings (SSSR count). The quantitative estimate of drug-likeness (QED) is 0.407. The molecule has 12 heavy (non-hydrogen) atoms. The zero-order valence-electron chi connectivity index (χ0n) is 6.38. The number of amides is 1. The minimum Gasteiger partial charge on any atom is -0.294 e. The predicted octanol–water partition coefficient (Wildman–Crippen LogP) is 0.872. The number of hydrogen-bond donors (Lipinski definition) is 2. The van der Waals surface area contributed by atoms with Gasteiger partial charge < -0.3 is 0 Å². The normalized spacial score (nSPS) is 9.50. The smallest absolute Gasteiger partial charge is 0.238 e. The van der Waals surface area contributed by atoms with Gasteiger partial charge in [-0.3, -0.25) is 10.2 Å². The molecule has 3 N–H and O–H groups in total. The Morgan fingerprint density at radius 3 is 2.50 bits per heavy atom. The molecule has 1 aromatic rings. The first-order valence-electron chi connectivity index (χ1n) is 3.46. The van der Waals surface area contributed by atoms with Gasteiger partial charge in [-0.2, -0.15) is 0 Å². The molecule has 0 aliphatic rings. The summed E-state index contributed by atoms with van der Waals surface area (Å²) in [5.74, 6) is 4.71. The molecule has 0 saturated heterocycles. The highest BCUT2D eigenvalue weighted by atomic mass is 35.5. The Hall–Kier alpha value is -1.06.